The molecule has 0 N–H and O–H groups in total. The minimum atomic E-state index is -0.509. The number of rotatable bonds is 3. The predicted octanol–water partition coefficient (Wildman–Crippen LogP) is 6.58. The van der Waals surface area contributed by atoms with Crippen LogP contribution in [0.2, 0.25) is 0 Å². The van der Waals surface area contributed by atoms with Crippen molar-refractivity contribution in [3.8, 4) is 0 Å². The molecule has 6 rings (SSSR count). The highest BCUT2D eigenvalue weighted by molar-refractivity contribution is 7.10. The number of aliphatic imine (C=N–C) groups is 1. The molecule has 34 heavy (non-hydrogen) atoms. The summed E-state index contributed by atoms with van der Waals surface area (Å²) in [6.07, 6.45) is 2.63. The highest BCUT2D eigenvalue weighted by atomic mass is 32.1. The Kier molecular flexibility index (Phi) is 5.23. The smallest absolute Gasteiger partial charge is 0.258 e. The van der Waals surface area contributed by atoms with Crippen LogP contribution in [0.5, 0.6) is 0 Å². The van der Waals surface area contributed by atoms with Crippen LogP contribution in [0.1, 0.15) is 45.8 Å². The van der Waals surface area contributed by atoms with Gasteiger partial charge in [0.25, 0.3) is 5.91 Å². The van der Waals surface area contributed by atoms with Gasteiger partial charge in [0.15, 0.2) is 0 Å². The lowest BCUT2D eigenvalue weighted by atomic mass is 9.74. The molecule has 1 saturated carbocycles. The minimum absolute atomic E-state index is 0.0509. The van der Waals surface area contributed by atoms with Gasteiger partial charge in [0.1, 0.15) is 11.5 Å². The van der Waals surface area contributed by atoms with E-state index in [1.165, 1.54) is 0 Å². The first kappa shape index (κ1) is 20.8. The molecule has 1 amide bonds. The van der Waals surface area contributed by atoms with Gasteiger partial charge in [0, 0.05) is 28.5 Å². The zero-order valence-corrected chi connectivity index (χ0v) is 19.2. The first-order valence-corrected chi connectivity index (χ1v) is 12.2. The van der Waals surface area contributed by atoms with Crippen LogP contribution in [-0.2, 0) is 4.79 Å². The van der Waals surface area contributed by atoms with E-state index in [2.05, 4.69) is 0 Å². The van der Waals surface area contributed by atoms with Crippen molar-refractivity contribution in [2.45, 2.75) is 24.8 Å². The Labute approximate surface area is 201 Å². The molecule has 1 fully saturated rings. The average Bonchev–Trinajstić information content (AvgIpc) is 3.57. The van der Waals surface area contributed by atoms with Gasteiger partial charge in [-0.3, -0.25) is 19.5 Å². The topological polar surface area (TPSA) is 62.9 Å². The van der Waals surface area contributed by atoms with Crippen molar-refractivity contribution in [2.75, 3.05) is 4.90 Å². The Morgan fingerprint density at radius 2 is 1.76 bits per heavy atom. The number of ketones is 1. The molecule has 3 heterocycles. The number of Topliss-reactive ketones (excluding diaryl/α,β-unsaturated/α-hetero) is 1. The van der Waals surface area contributed by atoms with Crippen molar-refractivity contribution in [3.05, 3.63) is 107 Å². The highest BCUT2D eigenvalue weighted by Gasteiger charge is 2.47. The summed E-state index contributed by atoms with van der Waals surface area (Å²) >= 11 is 1.57. The monoisotopic (exact) mass is 466 g/mol. The van der Waals surface area contributed by atoms with Crippen LogP contribution in [0.15, 0.2) is 99.9 Å². The maximum absolute atomic E-state index is 14.0. The summed E-state index contributed by atoms with van der Waals surface area (Å²) in [5.74, 6) is 0.194. The first-order chi connectivity index (χ1) is 16.7. The third-order valence-corrected chi connectivity index (χ3v) is 7.57. The minimum Gasteiger partial charge on any atom is -0.469 e. The Bertz CT molecular complexity index is 1360. The van der Waals surface area contributed by atoms with Crippen molar-refractivity contribution in [3.63, 3.8) is 0 Å². The van der Waals surface area contributed by atoms with Crippen LogP contribution < -0.4 is 4.90 Å². The van der Waals surface area contributed by atoms with E-state index in [4.69, 9.17) is 9.41 Å². The number of hydrogen-bond donors (Lipinski definition) is 0. The van der Waals surface area contributed by atoms with Crippen LogP contribution >= 0.6 is 11.3 Å². The number of carbonyl (C=O) groups excluding carboxylic acids is 2. The molecule has 2 aliphatic rings. The zero-order valence-electron chi connectivity index (χ0n) is 18.3. The van der Waals surface area contributed by atoms with Gasteiger partial charge in [-0.2, -0.15) is 0 Å². The van der Waals surface area contributed by atoms with E-state index in [0.717, 1.165) is 22.0 Å². The van der Waals surface area contributed by atoms with Crippen molar-refractivity contribution >= 4 is 40.1 Å². The van der Waals surface area contributed by atoms with Gasteiger partial charge in [0.2, 0.25) is 0 Å². The number of amides is 1. The van der Waals surface area contributed by atoms with Crippen molar-refractivity contribution in [1.82, 2.24) is 0 Å². The average molecular weight is 467 g/mol. The molecule has 4 aromatic rings. The molecule has 2 aromatic heterocycles. The fraction of sp³-hybridized carbons (Fsp3) is 0.179. The standard InChI is InChI=1S/C28H22N2O3S/c31-23-17-19(24-12-6-14-33-24)16-21-26(23)27(25-13-7-15-34-25)30(22-11-5-4-10-20(22)29-21)28(32)18-8-2-1-3-9-18/h1-15,19,26-27H,16-17H2. The van der Waals surface area contributed by atoms with Crippen LogP contribution in [0.3, 0.4) is 0 Å². The molecule has 1 aliphatic carbocycles. The fourth-order valence-electron chi connectivity index (χ4n) is 5.13. The van der Waals surface area contributed by atoms with E-state index >= 15 is 0 Å². The largest absolute Gasteiger partial charge is 0.469 e. The second-order valence-corrected chi connectivity index (χ2v) is 9.64. The van der Waals surface area contributed by atoms with Gasteiger partial charge in [-0.1, -0.05) is 36.4 Å². The number of fused-ring (bicyclic) bond motifs is 2. The van der Waals surface area contributed by atoms with Gasteiger partial charge in [-0.25, -0.2) is 0 Å². The summed E-state index contributed by atoms with van der Waals surface area (Å²) in [5, 5.41) is 1.99. The van der Waals surface area contributed by atoms with Crippen molar-refractivity contribution in [1.29, 1.82) is 0 Å². The molecule has 5 nitrogen and oxygen atoms in total. The van der Waals surface area contributed by atoms with Gasteiger partial charge >= 0.3 is 0 Å². The third-order valence-electron chi connectivity index (χ3n) is 6.63. The Morgan fingerprint density at radius 1 is 0.941 bits per heavy atom. The molecule has 0 bridgehead atoms. The predicted molar refractivity (Wildman–Crippen MR) is 133 cm³/mol. The Hall–Kier alpha value is -3.77. The number of carbonyl (C=O) groups is 2. The van der Waals surface area contributed by atoms with E-state index < -0.39 is 12.0 Å². The number of hydrogen-bond acceptors (Lipinski definition) is 5. The molecule has 168 valence electrons. The SMILES string of the molecule is O=C1CC(c2ccco2)CC2=Nc3ccccc3N(C(=O)c3ccccc3)C(c3cccs3)C12. The summed E-state index contributed by atoms with van der Waals surface area (Å²) in [4.78, 5) is 35.6. The lowest BCUT2D eigenvalue weighted by Crippen LogP contribution is -2.45. The summed E-state index contributed by atoms with van der Waals surface area (Å²) in [7, 11) is 0. The normalized spacial score (nSPS) is 21.9. The molecule has 0 saturated heterocycles. The molecule has 6 heteroatoms. The fourth-order valence-corrected chi connectivity index (χ4v) is 5.98. The maximum Gasteiger partial charge on any atom is 0.258 e. The van der Waals surface area contributed by atoms with E-state index in [-0.39, 0.29) is 17.6 Å². The summed E-state index contributed by atoms with van der Waals surface area (Å²) in [5.41, 5.74) is 2.82. The third kappa shape index (κ3) is 3.51. The Morgan fingerprint density at radius 3 is 2.53 bits per heavy atom. The van der Waals surface area contributed by atoms with Crippen LogP contribution in [-0.4, -0.2) is 17.4 Å². The number of furan rings is 1. The van der Waals surface area contributed by atoms with E-state index in [1.54, 1.807) is 22.5 Å². The second kappa shape index (κ2) is 8.54. The summed E-state index contributed by atoms with van der Waals surface area (Å²) in [6.45, 7) is 0. The van der Waals surface area contributed by atoms with Crippen molar-refractivity contribution in [2.24, 2.45) is 10.9 Å². The number of nitrogens with zero attached hydrogens (tertiary/aromatic N) is 2. The van der Waals surface area contributed by atoms with E-state index in [1.807, 2.05) is 84.2 Å². The Balaban J connectivity index is 1.54. The van der Waals surface area contributed by atoms with Gasteiger partial charge in [0.05, 0.1) is 29.6 Å². The van der Waals surface area contributed by atoms with Gasteiger partial charge < -0.3 is 4.42 Å². The molecule has 3 atom stereocenters. The molecule has 3 unspecified atom stereocenters. The van der Waals surface area contributed by atoms with Gasteiger partial charge in [-0.05, 0) is 54.3 Å². The van der Waals surface area contributed by atoms with E-state index in [0.29, 0.717) is 24.1 Å². The van der Waals surface area contributed by atoms with Crippen LogP contribution in [0, 0.1) is 5.92 Å². The highest BCUT2D eigenvalue weighted by Crippen LogP contribution is 2.48. The van der Waals surface area contributed by atoms with Crippen LogP contribution in [0.4, 0.5) is 11.4 Å². The summed E-state index contributed by atoms with van der Waals surface area (Å²) in [6, 6.07) is 24.2. The van der Waals surface area contributed by atoms with Crippen molar-refractivity contribution < 1.29 is 14.0 Å². The first-order valence-electron chi connectivity index (χ1n) is 11.4. The lowest BCUT2D eigenvalue weighted by molar-refractivity contribution is -0.122. The molecule has 0 radical (unpaired) electrons. The van der Waals surface area contributed by atoms with Gasteiger partial charge in [-0.15, -0.1) is 11.3 Å². The number of benzene rings is 2. The number of para-hydroxylation sites is 2. The molecule has 2 aromatic carbocycles. The quantitative estimate of drug-likeness (QED) is 0.343. The number of anilines is 1. The summed E-state index contributed by atoms with van der Waals surface area (Å²) < 4.78 is 5.65. The zero-order chi connectivity index (χ0) is 23.1. The molecular formula is C28H22N2O3S. The molecule has 0 spiro atoms. The molecular weight excluding hydrogens is 444 g/mol. The number of thiophene rings is 1. The second-order valence-electron chi connectivity index (χ2n) is 8.66. The molecule has 1 aliphatic heterocycles. The van der Waals surface area contributed by atoms with E-state index in [9.17, 15) is 9.59 Å². The van der Waals surface area contributed by atoms with Crippen LogP contribution in [0.25, 0.3) is 0 Å². The lowest BCUT2D eigenvalue weighted by Gasteiger charge is -2.37. The maximum atomic E-state index is 14.0.